The van der Waals surface area contributed by atoms with Gasteiger partial charge in [-0.1, -0.05) is 12.2 Å². The molecule has 1 fully saturated rings. The van der Waals surface area contributed by atoms with E-state index >= 15 is 0 Å². The van der Waals surface area contributed by atoms with Crippen molar-refractivity contribution in [1.29, 1.82) is 0 Å². The van der Waals surface area contributed by atoms with Crippen LogP contribution in [0.5, 0.6) is 0 Å². The molecule has 0 aliphatic heterocycles. The van der Waals surface area contributed by atoms with E-state index in [2.05, 4.69) is 4.74 Å². The van der Waals surface area contributed by atoms with Crippen LogP contribution in [0.1, 0.15) is 19.8 Å². The molecule has 1 aliphatic carbocycles. The monoisotopic (exact) mass is 182 g/mol. The lowest BCUT2D eigenvalue weighted by atomic mass is 10.0. The maximum Gasteiger partial charge on any atom is 0.316 e. The number of methoxy groups -OCH3 is 1. The van der Waals surface area contributed by atoms with E-state index in [1.54, 1.807) is 0 Å². The summed E-state index contributed by atoms with van der Waals surface area (Å²) in [7, 11) is 1.32. The lowest BCUT2D eigenvalue weighted by Gasteiger charge is -2.05. The molecule has 2 unspecified atom stereocenters. The molecular formula is C10H14O3. The average molecular weight is 182 g/mol. The third kappa shape index (κ3) is 1.97. The summed E-state index contributed by atoms with van der Waals surface area (Å²) in [6.07, 6.45) is 5.09. The first-order valence-corrected chi connectivity index (χ1v) is 4.45. The number of hydrogen-bond donors (Lipinski definition) is 0. The summed E-state index contributed by atoms with van der Waals surface area (Å²) in [5.41, 5.74) is 0. The standard InChI is InChI=1S/C10H14O3/c1-3-4-7-5-6-8(9(7)11)10(12)13-2/h3-4,7-8H,5-6H2,1-2H3/b4-3-. The molecule has 13 heavy (non-hydrogen) atoms. The largest absolute Gasteiger partial charge is 0.468 e. The third-order valence-corrected chi connectivity index (χ3v) is 2.39. The van der Waals surface area contributed by atoms with Crippen LogP contribution >= 0.6 is 0 Å². The maximum absolute atomic E-state index is 11.5. The van der Waals surface area contributed by atoms with Crippen LogP contribution in [0.15, 0.2) is 12.2 Å². The van der Waals surface area contributed by atoms with Crippen molar-refractivity contribution in [3.63, 3.8) is 0 Å². The van der Waals surface area contributed by atoms with Gasteiger partial charge in [0.2, 0.25) is 0 Å². The number of allylic oxidation sites excluding steroid dienone is 2. The van der Waals surface area contributed by atoms with Crippen molar-refractivity contribution in [2.45, 2.75) is 19.8 Å². The smallest absolute Gasteiger partial charge is 0.316 e. The Balaban J connectivity index is 2.65. The Morgan fingerprint density at radius 2 is 2.23 bits per heavy atom. The Labute approximate surface area is 77.8 Å². The first-order chi connectivity index (χ1) is 6.20. The number of carbonyl (C=O) groups excluding carboxylic acids is 2. The second kappa shape index (κ2) is 4.21. The topological polar surface area (TPSA) is 43.4 Å². The van der Waals surface area contributed by atoms with Crippen LogP contribution in [0, 0.1) is 11.8 Å². The molecule has 0 amide bonds. The molecule has 1 rings (SSSR count). The number of ketones is 1. The molecule has 2 atom stereocenters. The van der Waals surface area contributed by atoms with E-state index in [4.69, 9.17) is 0 Å². The van der Waals surface area contributed by atoms with Gasteiger partial charge in [-0.05, 0) is 19.8 Å². The molecule has 3 nitrogen and oxygen atoms in total. The molecule has 0 bridgehead atoms. The summed E-state index contributed by atoms with van der Waals surface area (Å²) < 4.78 is 4.55. The van der Waals surface area contributed by atoms with Gasteiger partial charge in [-0.25, -0.2) is 0 Å². The van der Waals surface area contributed by atoms with Gasteiger partial charge in [-0.15, -0.1) is 0 Å². The average Bonchev–Trinajstić information content (AvgIpc) is 2.48. The van der Waals surface area contributed by atoms with Crippen molar-refractivity contribution in [3.8, 4) is 0 Å². The minimum atomic E-state index is -0.522. The zero-order chi connectivity index (χ0) is 9.84. The van der Waals surface area contributed by atoms with Crippen LogP contribution in [0.3, 0.4) is 0 Å². The predicted molar refractivity (Wildman–Crippen MR) is 48.1 cm³/mol. The van der Waals surface area contributed by atoms with Crippen LogP contribution in [-0.4, -0.2) is 18.9 Å². The highest BCUT2D eigenvalue weighted by Crippen LogP contribution is 2.28. The Hall–Kier alpha value is -1.12. The summed E-state index contributed by atoms with van der Waals surface area (Å²) in [4.78, 5) is 22.7. The molecule has 1 aliphatic rings. The highest BCUT2D eigenvalue weighted by atomic mass is 16.5. The van der Waals surface area contributed by atoms with Gasteiger partial charge in [-0.3, -0.25) is 9.59 Å². The second-order valence-electron chi connectivity index (χ2n) is 3.19. The molecule has 0 aromatic heterocycles. The van der Waals surface area contributed by atoms with Crippen LogP contribution in [-0.2, 0) is 14.3 Å². The van der Waals surface area contributed by atoms with Crippen molar-refractivity contribution < 1.29 is 14.3 Å². The summed E-state index contributed by atoms with van der Waals surface area (Å²) in [6, 6.07) is 0. The van der Waals surface area contributed by atoms with Crippen LogP contribution in [0.2, 0.25) is 0 Å². The summed E-state index contributed by atoms with van der Waals surface area (Å²) in [6.45, 7) is 1.87. The van der Waals surface area contributed by atoms with E-state index in [-0.39, 0.29) is 11.7 Å². The third-order valence-electron chi connectivity index (χ3n) is 2.39. The number of rotatable bonds is 2. The Morgan fingerprint density at radius 3 is 2.77 bits per heavy atom. The van der Waals surface area contributed by atoms with Gasteiger partial charge in [0.1, 0.15) is 5.92 Å². The number of ether oxygens (including phenoxy) is 1. The van der Waals surface area contributed by atoms with Gasteiger partial charge in [0.05, 0.1) is 7.11 Å². The quantitative estimate of drug-likeness (QED) is 0.367. The lowest BCUT2D eigenvalue weighted by molar-refractivity contribution is -0.148. The van der Waals surface area contributed by atoms with E-state index in [0.717, 1.165) is 6.42 Å². The molecule has 0 aromatic carbocycles. The van der Waals surface area contributed by atoms with Crippen molar-refractivity contribution in [2.75, 3.05) is 7.11 Å². The number of hydrogen-bond acceptors (Lipinski definition) is 3. The number of esters is 1. The van der Waals surface area contributed by atoms with Crippen LogP contribution in [0.25, 0.3) is 0 Å². The first kappa shape index (κ1) is 9.96. The van der Waals surface area contributed by atoms with E-state index in [0.29, 0.717) is 6.42 Å². The minimum Gasteiger partial charge on any atom is -0.468 e. The Morgan fingerprint density at radius 1 is 1.54 bits per heavy atom. The molecule has 0 N–H and O–H groups in total. The molecule has 72 valence electrons. The zero-order valence-electron chi connectivity index (χ0n) is 7.95. The van der Waals surface area contributed by atoms with E-state index < -0.39 is 11.9 Å². The summed E-state index contributed by atoms with van der Waals surface area (Å²) in [5.74, 6) is -0.984. The first-order valence-electron chi connectivity index (χ1n) is 4.45. The molecular weight excluding hydrogens is 168 g/mol. The van der Waals surface area contributed by atoms with Crippen molar-refractivity contribution >= 4 is 11.8 Å². The van der Waals surface area contributed by atoms with Crippen molar-refractivity contribution in [3.05, 3.63) is 12.2 Å². The predicted octanol–water partition coefficient (Wildman–Crippen LogP) is 1.33. The molecule has 0 spiro atoms. The van der Waals surface area contributed by atoms with Crippen LogP contribution < -0.4 is 0 Å². The van der Waals surface area contributed by atoms with Gasteiger partial charge in [-0.2, -0.15) is 0 Å². The van der Waals surface area contributed by atoms with E-state index in [1.807, 2.05) is 19.1 Å². The molecule has 0 saturated heterocycles. The number of Topliss-reactive ketones (excluding diaryl/α,β-unsaturated/α-hetero) is 1. The van der Waals surface area contributed by atoms with Gasteiger partial charge in [0.25, 0.3) is 0 Å². The number of carbonyl (C=O) groups is 2. The fraction of sp³-hybridized carbons (Fsp3) is 0.600. The molecule has 0 radical (unpaired) electrons. The van der Waals surface area contributed by atoms with Gasteiger partial charge in [0, 0.05) is 5.92 Å². The fourth-order valence-electron chi connectivity index (χ4n) is 1.69. The normalized spacial score (nSPS) is 28.3. The van der Waals surface area contributed by atoms with Crippen molar-refractivity contribution in [1.82, 2.24) is 0 Å². The van der Waals surface area contributed by atoms with Crippen LogP contribution in [0.4, 0.5) is 0 Å². The molecule has 1 saturated carbocycles. The van der Waals surface area contributed by atoms with Gasteiger partial charge < -0.3 is 4.74 Å². The SMILES string of the molecule is C/C=C\C1CCC(C(=O)OC)C1=O. The van der Waals surface area contributed by atoms with E-state index in [9.17, 15) is 9.59 Å². The zero-order valence-corrected chi connectivity index (χ0v) is 7.95. The Bertz CT molecular complexity index is 243. The Kier molecular flexibility index (Phi) is 3.23. The lowest BCUT2D eigenvalue weighted by Crippen LogP contribution is -2.22. The minimum absolute atomic E-state index is 0.00458. The van der Waals surface area contributed by atoms with Crippen molar-refractivity contribution in [2.24, 2.45) is 11.8 Å². The summed E-state index contributed by atoms with van der Waals surface area (Å²) >= 11 is 0. The second-order valence-corrected chi connectivity index (χ2v) is 3.19. The highest BCUT2D eigenvalue weighted by Gasteiger charge is 2.37. The summed E-state index contributed by atoms with van der Waals surface area (Å²) in [5, 5.41) is 0. The van der Waals surface area contributed by atoms with Gasteiger partial charge in [0.15, 0.2) is 5.78 Å². The maximum atomic E-state index is 11.5. The highest BCUT2D eigenvalue weighted by molar-refractivity contribution is 6.02. The fourth-order valence-corrected chi connectivity index (χ4v) is 1.69. The molecule has 0 heterocycles. The molecule has 3 heteroatoms. The molecule has 0 aromatic rings. The van der Waals surface area contributed by atoms with Gasteiger partial charge >= 0.3 is 5.97 Å². The van der Waals surface area contributed by atoms with E-state index in [1.165, 1.54) is 7.11 Å².